The van der Waals surface area contributed by atoms with Crippen LogP contribution in [0.1, 0.15) is 31.0 Å². The lowest BCUT2D eigenvalue weighted by Crippen LogP contribution is -2.18. The topological polar surface area (TPSA) is 90.9 Å². The van der Waals surface area contributed by atoms with E-state index in [9.17, 15) is 4.57 Å². The van der Waals surface area contributed by atoms with Crippen LogP contribution in [0.4, 0.5) is 5.95 Å². The third kappa shape index (κ3) is 3.47. The molecule has 2 aromatic heterocycles. The molecular formula is C21H27N4O2P. The fourth-order valence-electron chi connectivity index (χ4n) is 3.98. The van der Waals surface area contributed by atoms with Crippen LogP contribution >= 0.6 is 7.14 Å². The van der Waals surface area contributed by atoms with Gasteiger partial charge in [0.05, 0.1) is 11.2 Å². The maximum atomic E-state index is 12.8. The maximum Gasteiger partial charge on any atom is 0.223 e. The number of aryl methyl sites for hydroxylation is 2. The molecule has 1 aliphatic rings. The number of fused-ring (bicyclic) bond motifs is 5. The van der Waals surface area contributed by atoms with Crippen LogP contribution in [0.2, 0.25) is 0 Å². The zero-order valence-electron chi connectivity index (χ0n) is 16.6. The molecule has 0 radical (unpaired) electrons. The summed E-state index contributed by atoms with van der Waals surface area (Å²) in [6, 6.07) is 6.12. The summed E-state index contributed by atoms with van der Waals surface area (Å²) in [5.74, 6) is 0.578. The van der Waals surface area contributed by atoms with Crippen molar-refractivity contribution in [3.8, 4) is 11.3 Å². The zero-order chi connectivity index (χ0) is 19.9. The van der Waals surface area contributed by atoms with E-state index in [4.69, 9.17) is 10.1 Å². The smallest absolute Gasteiger partial charge is 0.223 e. The third-order valence-corrected chi connectivity index (χ3v) is 6.91. The molecule has 28 heavy (non-hydrogen) atoms. The van der Waals surface area contributed by atoms with Gasteiger partial charge in [0, 0.05) is 40.8 Å². The first kappa shape index (κ1) is 19.2. The molecule has 1 atom stereocenters. The van der Waals surface area contributed by atoms with E-state index in [-0.39, 0.29) is 12.6 Å². The lowest BCUT2D eigenvalue weighted by molar-refractivity contribution is 0.282. The summed E-state index contributed by atoms with van der Waals surface area (Å²) in [5.41, 5.74) is 5.32. The second kappa shape index (κ2) is 7.34. The van der Waals surface area contributed by atoms with Gasteiger partial charge < -0.3 is 20.0 Å². The van der Waals surface area contributed by atoms with Crippen LogP contribution in [0, 0.1) is 0 Å². The molecule has 0 fully saturated rings. The van der Waals surface area contributed by atoms with Crippen molar-refractivity contribution in [2.75, 3.05) is 25.3 Å². The number of hydrogen-bond donors (Lipinski definition) is 3. The molecule has 1 aromatic carbocycles. The van der Waals surface area contributed by atoms with Crippen LogP contribution in [0.15, 0.2) is 24.4 Å². The van der Waals surface area contributed by atoms with E-state index in [0.29, 0.717) is 12.4 Å². The first-order chi connectivity index (χ1) is 13.4. The number of nitrogens with zero attached hydrogens (tertiary/aromatic N) is 2. The highest BCUT2D eigenvalue weighted by Crippen LogP contribution is 2.42. The summed E-state index contributed by atoms with van der Waals surface area (Å²) in [4.78, 5) is 12.9. The SMILES string of the molecule is CC(CCO)Nc1ncc2c(n1)-c1c([nH]c3c(P(C)(C)=O)cccc13)CCC2. The summed E-state index contributed by atoms with van der Waals surface area (Å²) < 4.78 is 12.8. The molecule has 3 aromatic rings. The summed E-state index contributed by atoms with van der Waals surface area (Å²) >= 11 is 0. The molecule has 6 nitrogen and oxygen atoms in total. The fourth-order valence-corrected chi connectivity index (χ4v) is 5.14. The number of hydrogen-bond acceptors (Lipinski definition) is 5. The number of anilines is 1. The highest BCUT2D eigenvalue weighted by atomic mass is 31.2. The van der Waals surface area contributed by atoms with Gasteiger partial charge >= 0.3 is 0 Å². The van der Waals surface area contributed by atoms with Gasteiger partial charge in [0.1, 0.15) is 7.14 Å². The first-order valence-electron chi connectivity index (χ1n) is 9.81. The van der Waals surface area contributed by atoms with Gasteiger partial charge in [-0.05, 0) is 57.6 Å². The predicted octanol–water partition coefficient (Wildman–Crippen LogP) is 3.54. The van der Waals surface area contributed by atoms with E-state index in [2.05, 4.69) is 21.4 Å². The van der Waals surface area contributed by atoms with Crippen LogP contribution in [0.5, 0.6) is 0 Å². The molecular weight excluding hydrogens is 371 g/mol. The predicted molar refractivity (Wildman–Crippen MR) is 115 cm³/mol. The van der Waals surface area contributed by atoms with Gasteiger partial charge in [-0.25, -0.2) is 9.97 Å². The Balaban J connectivity index is 1.89. The second-order valence-electron chi connectivity index (χ2n) is 8.01. The molecule has 1 aliphatic carbocycles. The van der Waals surface area contributed by atoms with Gasteiger partial charge in [-0.3, -0.25) is 0 Å². The first-order valence-corrected chi connectivity index (χ1v) is 12.4. The van der Waals surface area contributed by atoms with Crippen molar-refractivity contribution in [1.82, 2.24) is 15.0 Å². The second-order valence-corrected chi connectivity index (χ2v) is 11.2. The summed E-state index contributed by atoms with van der Waals surface area (Å²) in [7, 11) is -2.40. The van der Waals surface area contributed by atoms with Crippen LogP contribution in [-0.2, 0) is 17.4 Å². The Morgan fingerprint density at radius 1 is 1.32 bits per heavy atom. The zero-order valence-corrected chi connectivity index (χ0v) is 17.5. The number of H-pyrrole nitrogens is 1. The van der Waals surface area contributed by atoms with E-state index < -0.39 is 7.14 Å². The van der Waals surface area contributed by atoms with Crippen molar-refractivity contribution in [2.24, 2.45) is 0 Å². The van der Waals surface area contributed by atoms with E-state index in [1.54, 1.807) is 0 Å². The monoisotopic (exact) mass is 398 g/mol. The molecule has 3 N–H and O–H groups in total. The van der Waals surface area contributed by atoms with E-state index in [0.717, 1.165) is 58.0 Å². The minimum atomic E-state index is -2.40. The van der Waals surface area contributed by atoms with Crippen LogP contribution < -0.4 is 10.6 Å². The van der Waals surface area contributed by atoms with Gasteiger partial charge in [-0.2, -0.15) is 0 Å². The minimum absolute atomic E-state index is 0.0916. The molecule has 2 heterocycles. The molecule has 0 bridgehead atoms. The highest BCUT2D eigenvalue weighted by molar-refractivity contribution is 7.70. The van der Waals surface area contributed by atoms with E-state index in [1.165, 1.54) is 0 Å². The third-order valence-electron chi connectivity index (χ3n) is 5.38. The molecule has 4 rings (SSSR count). The number of aromatic amines is 1. The van der Waals surface area contributed by atoms with Gasteiger partial charge in [0.2, 0.25) is 5.95 Å². The molecule has 7 heteroatoms. The summed E-state index contributed by atoms with van der Waals surface area (Å²) in [6.07, 6.45) is 5.45. The number of nitrogens with one attached hydrogen (secondary N) is 2. The van der Waals surface area contributed by atoms with Crippen LogP contribution in [0.3, 0.4) is 0 Å². The molecule has 0 saturated heterocycles. The normalized spacial score (nSPS) is 15.0. The number of benzene rings is 1. The average molecular weight is 398 g/mol. The number of aliphatic hydroxyl groups is 1. The van der Waals surface area contributed by atoms with Crippen LogP contribution in [-0.4, -0.2) is 46.0 Å². The summed E-state index contributed by atoms with van der Waals surface area (Å²) in [6.45, 7) is 5.76. The number of aliphatic hydroxyl groups excluding tert-OH is 1. The Labute approximate surface area is 165 Å². The number of aromatic nitrogens is 3. The molecule has 0 spiro atoms. The van der Waals surface area contributed by atoms with Crippen LogP contribution in [0.25, 0.3) is 22.2 Å². The molecule has 1 unspecified atom stereocenters. The van der Waals surface area contributed by atoms with E-state index >= 15 is 0 Å². The quantitative estimate of drug-likeness (QED) is 0.572. The van der Waals surface area contributed by atoms with Crippen molar-refractivity contribution < 1.29 is 9.67 Å². The fraction of sp³-hybridized carbons (Fsp3) is 0.429. The van der Waals surface area contributed by atoms with E-state index in [1.807, 2.05) is 38.6 Å². The Morgan fingerprint density at radius 2 is 2.14 bits per heavy atom. The van der Waals surface area contributed by atoms with Gasteiger partial charge in [0.25, 0.3) is 0 Å². The Morgan fingerprint density at radius 3 is 2.89 bits per heavy atom. The summed E-state index contributed by atoms with van der Waals surface area (Å²) in [5, 5.41) is 14.4. The molecule has 0 aliphatic heterocycles. The maximum absolute atomic E-state index is 12.8. The molecule has 0 saturated carbocycles. The van der Waals surface area contributed by atoms with Crippen molar-refractivity contribution in [3.05, 3.63) is 35.7 Å². The number of para-hydroxylation sites is 1. The Bertz CT molecular complexity index is 1070. The van der Waals surface area contributed by atoms with Gasteiger partial charge in [-0.1, -0.05) is 12.1 Å². The molecule has 0 amide bonds. The average Bonchev–Trinajstić information content (AvgIpc) is 2.90. The minimum Gasteiger partial charge on any atom is -0.396 e. The van der Waals surface area contributed by atoms with Crippen molar-refractivity contribution in [2.45, 2.75) is 38.6 Å². The standard InChI is InChI=1S/C21H27N4O2P/c1-13(10-11-26)23-21-22-12-14-6-4-8-16-18(19(14)25-21)15-7-5-9-17(20(15)24-16)28(2,3)27/h5,7,9,12-13,24,26H,4,6,8,10-11H2,1-3H3,(H,22,23,25). The lowest BCUT2D eigenvalue weighted by Gasteiger charge is -2.14. The lowest BCUT2D eigenvalue weighted by atomic mass is 10.0. The van der Waals surface area contributed by atoms with Crippen molar-refractivity contribution in [1.29, 1.82) is 0 Å². The van der Waals surface area contributed by atoms with Crippen molar-refractivity contribution >= 4 is 29.3 Å². The van der Waals surface area contributed by atoms with Crippen molar-refractivity contribution in [3.63, 3.8) is 0 Å². The molecule has 148 valence electrons. The van der Waals surface area contributed by atoms with Gasteiger partial charge in [0.15, 0.2) is 0 Å². The highest BCUT2D eigenvalue weighted by Gasteiger charge is 2.25. The Hall–Kier alpha value is -2.17. The Kier molecular flexibility index (Phi) is 5.02. The number of rotatable bonds is 5. The van der Waals surface area contributed by atoms with Gasteiger partial charge in [-0.15, -0.1) is 0 Å². The largest absolute Gasteiger partial charge is 0.396 e.